The molecule has 2 heterocycles. The molecule has 0 bridgehead atoms. The van der Waals surface area contributed by atoms with Crippen LogP contribution in [-0.2, 0) is 5.54 Å². The van der Waals surface area contributed by atoms with Crippen molar-refractivity contribution in [3.8, 4) is 0 Å². The maximum atomic E-state index is 13.7. The van der Waals surface area contributed by atoms with E-state index in [9.17, 15) is 4.79 Å². The first-order valence-electron chi connectivity index (χ1n) is 11.0. The Morgan fingerprint density at radius 3 is 1.76 bits per heavy atom. The molecule has 0 amide bonds. The summed E-state index contributed by atoms with van der Waals surface area (Å²) in [7, 11) is 2.06. The number of hydrogen-bond acceptors (Lipinski definition) is 4. The van der Waals surface area contributed by atoms with Gasteiger partial charge in [-0.3, -0.25) is 4.79 Å². The molecule has 0 atom stereocenters. The minimum absolute atomic E-state index is 0.0473. The van der Waals surface area contributed by atoms with Gasteiger partial charge in [-0.15, -0.1) is 0 Å². The first kappa shape index (κ1) is 19.4. The third kappa shape index (κ3) is 2.89. The monoisotopic (exact) mass is 430 g/mol. The lowest BCUT2D eigenvalue weighted by Gasteiger charge is -2.43. The minimum atomic E-state index is -0.883. The fourth-order valence-corrected chi connectivity index (χ4v) is 4.97. The molecule has 0 radical (unpaired) electrons. The fourth-order valence-electron chi connectivity index (χ4n) is 4.97. The Kier molecular flexibility index (Phi) is 4.37. The van der Waals surface area contributed by atoms with Crippen LogP contribution >= 0.6 is 0 Å². The molecule has 1 aliphatic heterocycles. The van der Waals surface area contributed by atoms with Gasteiger partial charge >= 0.3 is 0 Å². The van der Waals surface area contributed by atoms with Gasteiger partial charge in [0.05, 0.1) is 0 Å². The molecule has 1 aromatic heterocycles. The second-order valence-electron chi connectivity index (χ2n) is 8.40. The van der Waals surface area contributed by atoms with E-state index >= 15 is 0 Å². The number of carbonyl (C=O) groups excluding carboxylic acids is 1. The van der Waals surface area contributed by atoms with Crippen molar-refractivity contribution in [2.45, 2.75) is 12.0 Å². The highest BCUT2D eigenvalue weighted by atomic mass is 16.1. The SMILES string of the molecule is CN1c2ccccc2C(CC(=O)c2ccccc2)(n2nc3ccccc3n2)c2ccccc21. The summed E-state index contributed by atoms with van der Waals surface area (Å²) in [5, 5.41) is 9.83. The van der Waals surface area contributed by atoms with Gasteiger partial charge in [0.15, 0.2) is 5.78 Å². The molecular formula is C28H22N4O. The van der Waals surface area contributed by atoms with Gasteiger partial charge < -0.3 is 4.90 Å². The Balaban J connectivity index is 1.68. The van der Waals surface area contributed by atoms with Gasteiger partial charge in [-0.25, -0.2) is 0 Å². The van der Waals surface area contributed by atoms with Crippen molar-refractivity contribution in [1.29, 1.82) is 0 Å². The van der Waals surface area contributed by atoms with Crippen LogP contribution in [0.25, 0.3) is 11.0 Å². The van der Waals surface area contributed by atoms with Crippen LogP contribution in [0.3, 0.4) is 0 Å². The summed E-state index contributed by atoms with van der Waals surface area (Å²) < 4.78 is 0. The smallest absolute Gasteiger partial charge is 0.166 e. The Labute approximate surface area is 191 Å². The number of rotatable bonds is 4. The minimum Gasteiger partial charge on any atom is -0.344 e. The Hall–Kier alpha value is -4.25. The summed E-state index contributed by atoms with van der Waals surface area (Å²) in [4.78, 5) is 17.7. The maximum Gasteiger partial charge on any atom is 0.166 e. The maximum absolute atomic E-state index is 13.7. The Morgan fingerprint density at radius 2 is 1.18 bits per heavy atom. The summed E-state index contributed by atoms with van der Waals surface area (Å²) in [5.74, 6) is 0.0473. The van der Waals surface area contributed by atoms with Crippen molar-refractivity contribution in [3.63, 3.8) is 0 Å². The zero-order chi connectivity index (χ0) is 22.4. The molecule has 6 rings (SSSR count). The predicted octanol–water partition coefficient (Wildman–Crippen LogP) is 5.58. The van der Waals surface area contributed by atoms with E-state index in [1.165, 1.54) is 0 Å². The van der Waals surface area contributed by atoms with Gasteiger partial charge in [0.1, 0.15) is 16.6 Å². The average molecular weight is 431 g/mol. The van der Waals surface area contributed by atoms with Crippen LogP contribution in [-0.4, -0.2) is 27.8 Å². The zero-order valence-corrected chi connectivity index (χ0v) is 18.2. The van der Waals surface area contributed by atoms with Crippen LogP contribution in [0.4, 0.5) is 11.4 Å². The molecule has 0 N–H and O–H groups in total. The van der Waals surface area contributed by atoms with E-state index in [1.807, 2.05) is 78.9 Å². The van der Waals surface area contributed by atoms with E-state index in [0.717, 1.165) is 33.5 Å². The van der Waals surface area contributed by atoms with Crippen LogP contribution in [0.5, 0.6) is 0 Å². The molecule has 5 aromatic rings. The first-order chi connectivity index (χ1) is 16.2. The Morgan fingerprint density at radius 1 is 0.697 bits per heavy atom. The number of fused-ring (bicyclic) bond motifs is 3. The van der Waals surface area contributed by atoms with E-state index in [0.29, 0.717) is 5.56 Å². The largest absolute Gasteiger partial charge is 0.344 e. The summed E-state index contributed by atoms with van der Waals surface area (Å²) in [5.41, 5.74) is 5.51. The second kappa shape index (κ2) is 7.41. The molecule has 0 saturated carbocycles. The van der Waals surface area contributed by atoms with Gasteiger partial charge in [-0.2, -0.15) is 15.0 Å². The first-order valence-corrected chi connectivity index (χ1v) is 11.0. The van der Waals surface area contributed by atoms with Crippen molar-refractivity contribution in [1.82, 2.24) is 15.0 Å². The number of carbonyl (C=O) groups is 1. The van der Waals surface area contributed by atoms with Crippen molar-refractivity contribution >= 4 is 28.2 Å². The van der Waals surface area contributed by atoms with Gasteiger partial charge in [0, 0.05) is 41.5 Å². The van der Waals surface area contributed by atoms with Crippen LogP contribution in [0.2, 0.25) is 0 Å². The van der Waals surface area contributed by atoms with E-state index in [2.05, 4.69) is 36.2 Å². The molecule has 160 valence electrons. The number of anilines is 2. The van der Waals surface area contributed by atoms with Crippen molar-refractivity contribution in [2.75, 3.05) is 11.9 Å². The number of para-hydroxylation sites is 2. The van der Waals surface area contributed by atoms with Gasteiger partial charge in [-0.05, 0) is 24.3 Å². The number of hydrogen-bond donors (Lipinski definition) is 0. The average Bonchev–Trinajstić information content (AvgIpc) is 3.32. The summed E-state index contributed by atoms with van der Waals surface area (Å²) in [6, 6.07) is 33.8. The number of benzene rings is 4. The van der Waals surface area contributed by atoms with Gasteiger partial charge in [0.2, 0.25) is 0 Å². The van der Waals surface area contributed by atoms with Gasteiger partial charge in [-0.1, -0.05) is 78.9 Å². The third-order valence-electron chi connectivity index (χ3n) is 6.56. The van der Waals surface area contributed by atoms with Crippen molar-refractivity contribution in [2.24, 2.45) is 0 Å². The van der Waals surface area contributed by atoms with E-state index in [1.54, 1.807) is 4.80 Å². The molecule has 0 aliphatic carbocycles. The normalized spacial score (nSPS) is 14.0. The molecule has 1 aliphatic rings. The molecule has 5 nitrogen and oxygen atoms in total. The summed E-state index contributed by atoms with van der Waals surface area (Å²) in [6.07, 6.45) is 0.208. The standard InChI is InChI=1S/C28H22N4O/c1-31-25-17-9-5-13-21(25)28(22-14-6-10-18-26(22)31,19-27(33)20-11-3-2-4-12-20)32-29-23-15-7-8-16-24(23)30-32/h2-18H,19H2,1H3. The molecule has 4 aromatic carbocycles. The zero-order valence-electron chi connectivity index (χ0n) is 18.2. The lowest BCUT2D eigenvalue weighted by Crippen LogP contribution is -2.44. The third-order valence-corrected chi connectivity index (χ3v) is 6.56. The second-order valence-corrected chi connectivity index (χ2v) is 8.40. The lowest BCUT2D eigenvalue weighted by molar-refractivity contribution is 0.0940. The highest BCUT2D eigenvalue weighted by Crippen LogP contribution is 2.51. The topological polar surface area (TPSA) is 51.0 Å². The van der Waals surface area contributed by atoms with Crippen LogP contribution < -0.4 is 4.90 Å². The molecule has 33 heavy (non-hydrogen) atoms. The number of aromatic nitrogens is 3. The predicted molar refractivity (Wildman–Crippen MR) is 130 cm³/mol. The number of nitrogens with zero attached hydrogens (tertiary/aromatic N) is 4. The van der Waals surface area contributed by atoms with Crippen LogP contribution in [0.1, 0.15) is 27.9 Å². The molecule has 0 spiro atoms. The van der Waals surface area contributed by atoms with E-state index in [4.69, 9.17) is 10.2 Å². The summed E-state index contributed by atoms with van der Waals surface area (Å²) >= 11 is 0. The molecular weight excluding hydrogens is 408 g/mol. The van der Waals surface area contributed by atoms with Crippen molar-refractivity contribution in [3.05, 3.63) is 120 Å². The van der Waals surface area contributed by atoms with E-state index in [-0.39, 0.29) is 12.2 Å². The fraction of sp³-hybridized carbons (Fsp3) is 0.107. The lowest BCUT2D eigenvalue weighted by atomic mass is 9.74. The Bertz CT molecular complexity index is 1410. The van der Waals surface area contributed by atoms with E-state index < -0.39 is 5.54 Å². The van der Waals surface area contributed by atoms with Crippen LogP contribution in [0.15, 0.2) is 103 Å². The molecule has 0 unspecified atom stereocenters. The highest BCUT2D eigenvalue weighted by molar-refractivity contribution is 5.98. The van der Waals surface area contributed by atoms with Crippen molar-refractivity contribution < 1.29 is 4.79 Å². The quantitative estimate of drug-likeness (QED) is 0.350. The van der Waals surface area contributed by atoms with Gasteiger partial charge in [0.25, 0.3) is 0 Å². The number of Topliss-reactive ketones (excluding diaryl/α,β-unsaturated/α-hetero) is 1. The molecule has 0 saturated heterocycles. The molecule has 5 heteroatoms. The highest BCUT2D eigenvalue weighted by Gasteiger charge is 2.47. The molecule has 0 fully saturated rings. The summed E-state index contributed by atoms with van der Waals surface area (Å²) in [6.45, 7) is 0. The number of ketones is 1. The van der Waals surface area contributed by atoms with Crippen LogP contribution in [0, 0.1) is 0 Å².